The van der Waals surface area contributed by atoms with Crippen LogP contribution in [0.2, 0.25) is 0 Å². The molecule has 7 heteroatoms. The molecule has 5 rings (SSSR count). The van der Waals surface area contributed by atoms with Crippen molar-refractivity contribution >= 4 is 23.1 Å². The summed E-state index contributed by atoms with van der Waals surface area (Å²) in [6, 6.07) is 17.9. The van der Waals surface area contributed by atoms with Crippen molar-refractivity contribution in [3.05, 3.63) is 60.7 Å². The van der Waals surface area contributed by atoms with Gasteiger partial charge in [-0.2, -0.15) is 0 Å². The number of carbonyl (C=O) groups excluding carboxylic acids is 2. The Kier molecular flexibility index (Phi) is 8.08. The molecule has 0 saturated heterocycles. The Morgan fingerprint density at radius 2 is 1.14 bits per heavy atom. The number of ether oxygens (including phenoxy) is 5. The summed E-state index contributed by atoms with van der Waals surface area (Å²) >= 11 is 0. The molecule has 0 N–H and O–H groups in total. The quantitative estimate of drug-likeness (QED) is 0.246. The molecule has 0 radical (unpaired) electrons. The van der Waals surface area contributed by atoms with Crippen LogP contribution >= 0.6 is 0 Å². The lowest BCUT2D eigenvalue weighted by atomic mass is 9.98. The van der Waals surface area contributed by atoms with Crippen LogP contribution in [0.5, 0.6) is 23.0 Å². The van der Waals surface area contributed by atoms with Gasteiger partial charge in [0.15, 0.2) is 11.5 Å². The van der Waals surface area contributed by atoms with Gasteiger partial charge in [-0.3, -0.25) is 0 Å². The van der Waals surface area contributed by atoms with Crippen LogP contribution in [-0.4, -0.2) is 24.5 Å². The number of carbonyl (C=O) groups is 2. The van der Waals surface area contributed by atoms with Crippen LogP contribution in [0.15, 0.2) is 60.7 Å². The van der Waals surface area contributed by atoms with Crippen LogP contribution in [0.1, 0.15) is 64.2 Å². The van der Waals surface area contributed by atoms with Gasteiger partial charge < -0.3 is 23.7 Å². The highest BCUT2D eigenvalue weighted by molar-refractivity contribution is 5.97. The largest absolute Gasteiger partial charge is 0.514 e. The second kappa shape index (κ2) is 12.0. The highest BCUT2D eigenvalue weighted by Gasteiger charge is 2.25. The molecule has 0 amide bonds. The summed E-state index contributed by atoms with van der Waals surface area (Å²) in [5.41, 5.74) is 0. The Morgan fingerprint density at radius 1 is 0.595 bits per heavy atom. The number of hydrogen-bond donors (Lipinski definition) is 0. The molecule has 0 bridgehead atoms. The van der Waals surface area contributed by atoms with Crippen molar-refractivity contribution in [3.8, 4) is 23.0 Å². The van der Waals surface area contributed by atoms with Gasteiger partial charge in [-0.15, -0.1) is 0 Å². The Labute approximate surface area is 216 Å². The maximum atomic E-state index is 12.8. The van der Waals surface area contributed by atoms with Crippen LogP contribution in [0.3, 0.4) is 0 Å². The van der Waals surface area contributed by atoms with Gasteiger partial charge in [-0.1, -0.05) is 55.3 Å². The molecule has 2 fully saturated rings. The molecule has 0 aliphatic heterocycles. The van der Waals surface area contributed by atoms with Gasteiger partial charge in [0.05, 0.1) is 0 Å². The maximum absolute atomic E-state index is 12.8. The van der Waals surface area contributed by atoms with Crippen LogP contribution in [0.4, 0.5) is 9.59 Å². The van der Waals surface area contributed by atoms with Crippen LogP contribution in [-0.2, 0) is 9.47 Å². The lowest BCUT2D eigenvalue weighted by Crippen LogP contribution is -2.23. The predicted octanol–water partition coefficient (Wildman–Crippen LogP) is 8.33. The molecule has 7 nitrogen and oxygen atoms in total. The molecule has 0 spiro atoms. The van der Waals surface area contributed by atoms with Crippen molar-refractivity contribution in [1.82, 2.24) is 0 Å². The molecule has 3 aromatic carbocycles. The minimum absolute atomic E-state index is 0.135. The van der Waals surface area contributed by atoms with Crippen LogP contribution < -0.4 is 14.2 Å². The molecule has 37 heavy (non-hydrogen) atoms. The highest BCUT2D eigenvalue weighted by atomic mass is 16.7. The van der Waals surface area contributed by atoms with E-state index in [1.54, 1.807) is 30.3 Å². The molecular formula is C30H32O7. The maximum Gasteiger partial charge on any atom is 0.514 e. The third kappa shape index (κ3) is 6.53. The first-order chi connectivity index (χ1) is 18.2. The molecule has 0 unspecified atom stereocenters. The molecule has 194 valence electrons. The van der Waals surface area contributed by atoms with Gasteiger partial charge in [0.2, 0.25) is 0 Å². The number of rotatable bonds is 6. The first-order valence-corrected chi connectivity index (χ1v) is 13.2. The van der Waals surface area contributed by atoms with E-state index in [4.69, 9.17) is 23.7 Å². The predicted molar refractivity (Wildman–Crippen MR) is 138 cm³/mol. The molecule has 0 heterocycles. The van der Waals surface area contributed by atoms with Crippen molar-refractivity contribution in [1.29, 1.82) is 0 Å². The summed E-state index contributed by atoms with van der Waals surface area (Å²) in [6.45, 7) is 0. The molecular weight excluding hydrogens is 472 g/mol. The number of fused-ring (bicyclic) bond motifs is 1. The second-order valence-corrected chi connectivity index (χ2v) is 9.62. The molecule has 0 atom stereocenters. The smallest absolute Gasteiger partial charge is 0.453 e. The van der Waals surface area contributed by atoms with E-state index < -0.39 is 12.3 Å². The second-order valence-electron chi connectivity index (χ2n) is 9.62. The average Bonchev–Trinajstić information content (AvgIpc) is 2.92. The fourth-order valence-electron chi connectivity index (χ4n) is 5.03. The van der Waals surface area contributed by atoms with Gasteiger partial charge in [0.25, 0.3) is 0 Å². The third-order valence-electron chi connectivity index (χ3n) is 6.90. The summed E-state index contributed by atoms with van der Waals surface area (Å²) < 4.78 is 28.7. The van der Waals surface area contributed by atoms with E-state index in [0.717, 1.165) is 64.2 Å². The minimum Gasteiger partial charge on any atom is -0.453 e. The van der Waals surface area contributed by atoms with Crippen molar-refractivity contribution in [2.45, 2.75) is 76.4 Å². The lowest BCUT2D eigenvalue weighted by molar-refractivity contribution is 0.0401. The van der Waals surface area contributed by atoms with E-state index in [2.05, 4.69) is 0 Å². The number of benzene rings is 3. The summed E-state index contributed by atoms with van der Waals surface area (Å²) in [6.07, 6.45) is 7.99. The zero-order valence-corrected chi connectivity index (χ0v) is 20.9. The van der Waals surface area contributed by atoms with Gasteiger partial charge in [0, 0.05) is 16.8 Å². The highest BCUT2D eigenvalue weighted by Crippen LogP contribution is 2.44. The van der Waals surface area contributed by atoms with E-state index in [9.17, 15) is 9.59 Å². The molecule has 3 aromatic rings. The van der Waals surface area contributed by atoms with Crippen molar-refractivity contribution in [2.75, 3.05) is 0 Å². The zero-order valence-electron chi connectivity index (χ0n) is 20.9. The fourth-order valence-corrected chi connectivity index (χ4v) is 5.03. The normalized spacial score (nSPS) is 16.6. The Hall–Kier alpha value is -3.74. The third-order valence-corrected chi connectivity index (χ3v) is 6.90. The first-order valence-electron chi connectivity index (χ1n) is 13.2. The molecule has 2 saturated carbocycles. The summed E-state index contributed by atoms with van der Waals surface area (Å²) in [4.78, 5) is 25.5. The van der Waals surface area contributed by atoms with Crippen LogP contribution in [0, 0.1) is 0 Å². The molecule has 2 aliphatic carbocycles. The van der Waals surface area contributed by atoms with Gasteiger partial charge >= 0.3 is 12.3 Å². The first kappa shape index (κ1) is 24.9. The Balaban J connectivity index is 1.45. The minimum atomic E-state index is -0.777. The van der Waals surface area contributed by atoms with Gasteiger partial charge in [0.1, 0.15) is 23.7 Å². The number of para-hydroxylation sites is 1. The Morgan fingerprint density at radius 3 is 1.76 bits per heavy atom. The van der Waals surface area contributed by atoms with Crippen molar-refractivity contribution < 1.29 is 33.3 Å². The van der Waals surface area contributed by atoms with Gasteiger partial charge in [-0.25, -0.2) is 9.59 Å². The van der Waals surface area contributed by atoms with Crippen molar-refractivity contribution in [3.63, 3.8) is 0 Å². The van der Waals surface area contributed by atoms with Crippen LogP contribution in [0.25, 0.3) is 10.8 Å². The standard InChI is InChI=1S/C30H32O7/c31-29(34-22-14-6-2-7-15-22)36-26-20-27(33-21-12-4-1-5-13-21)28(25-19-11-10-18-24(25)26)37-30(32)35-23-16-8-3-9-17-23/h1,4-5,10-13,18-20,22-23H,2-3,6-9,14-17H2. The average molecular weight is 505 g/mol. The summed E-state index contributed by atoms with van der Waals surface area (Å²) in [5, 5.41) is 1.14. The lowest BCUT2D eigenvalue weighted by Gasteiger charge is -2.23. The van der Waals surface area contributed by atoms with Gasteiger partial charge in [-0.05, 0) is 63.5 Å². The monoisotopic (exact) mass is 504 g/mol. The van der Waals surface area contributed by atoms with E-state index >= 15 is 0 Å². The molecule has 0 aromatic heterocycles. The summed E-state index contributed by atoms with van der Waals surface area (Å²) in [7, 11) is 0. The zero-order chi connectivity index (χ0) is 25.5. The Bertz CT molecular complexity index is 1210. The fraction of sp³-hybridized carbons (Fsp3) is 0.400. The number of hydrogen-bond acceptors (Lipinski definition) is 7. The topological polar surface area (TPSA) is 80.3 Å². The van der Waals surface area contributed by atoms with E-state index in [1.807, 2.05) is 30.3 Å². The van der Waals surface area contributed by atoms with E-state index in [0.29, 0.717) is 16.5 Å². The molecule has 2 aliphatic rings. The van der Waals surface area contributed by atoms with E-state index in [-0.39, 0.29) is 29.5 Å². The van der Waals surface area contributed by atoms with Crippen molar-refractivity contribution in [2.24, 2.45) is 0 Å². The SMILES string of the molecule is O=C(Oc1cc(Oc2ccccc2)c(OC(=O)OC2CCCCC2)c2ccccc12)OC1CCCCC1. The van der Waals surface area contributed by atoms with E-state index in [1.165, 1.54) is 0 Å². The summed E-state index contributed by atoms with van der Waals surface area (Å²) in [5.74, 6) is 1.23.